The fourth-order valence-electron chi connectivity index (χ4n) is 1.43. The summed E-state index contributed by atoms with van der Waals surface area (Å²) >= 11 is 0. The van der Waals surface area contributed by atoms with E-state index in [4.69, 9.17) is 4.42 Å². The zero-order valence-corrected chi connectivity index (χ0v) is 9.59. The molecule has 0 aliphatic rings. The molecule has 1 aromatic rings. The summed E-state index contributed by atoms with van der Waals surface area (Å²) in [5.41, 5.74) is 0.192. The number of nitrogens with zero attached hydrogens (tertiary/aromatic N) is 2. The lowest BCUT2D eigenvalue weighted by molar-refractivity contribution is 0.326. The Balaban J connectivity index is 2.66. The van der Waals surface area contributed by atoms with Crippen molar-refractivity contribution in [3.8, 4) is 0 Å². The maximum atomic E-state index is 5.28. The first-order valence-corrected chi connectivity index (χ1v) is 5.00. The Labute approximate surface area is 85.1 Å². The topological polar surface area (TPSA) is 51.0 Å². The molecule has 1 heterocycles. The molecule has 0 spiro atoms. The Morgan fingerprint density at radius 3 is 2.36 bits per heavy atom. The molecule has 1 aromatic heterocycles. The first-order chi connectivity index (χ1) is 6.43. The Kier molecular flexibility index (Phi) is 3.13. The molecule has 0 saturated heterocycles. The van der Waals surface area contributed by atoms with Crippen molar-refractivity contribution in [3.05, 3.63) is 5.89 Å². The van der Waals surface area contributed by atoms with E-state index in [1.165, 1.54) is 0 Å². The highest BCUT2D eigenvalue weighted by molar-refractivity contribution is 5.20. The Hall–Kier alpha value is -1.06. The zero-order valence-electron chi connectivity index (χ0n) is 9.59. The SMILES string of the molecule is CCC(Nc1nnc(C)o1)C(C)(C)C. The van der Waals surface area contributed by atoms with E-state index in [-0.39, 0.29) is 5.41 Å². The van der Waals surface area contributed by atoms with Crippen LogP contribution in [0.3, 0.4) is 0 Å². The normalized spacial score (nSPS) is 14.1. The average Bonchev–Trinajstić information content (AvgIpc) is 2.45. The fourth-order valence-corrected chi connectivity index (χ4v) is 1.43. The summed E-state index contributed by atoms with van der Waals surface area (Å²) in [6.07, 6.45) is 1.03. The van der Waals surface area contributed by atoms with Crippen molar-refractivity contribution in [2.45, 2.75) is 47.1 Å². The Bertz CT molecular complexity index is 288. The highest BCUT2D eigenvalue weighted by atomic mass is 16.4. The largest absolute Gasteiger partial charge is 0.408 e. The summed E-state index contributed by atoms with van der Waals surface area (Å²) in [7, 11) is 0. The molecule has 0 aromatic carbocycles. The standard InChI is InChI=1S/C10H19N3O/c1-6-8(10(3,4)5)11-9-13-12-7(2)14-9/h8H,6H2,1-5H3,(H,11,13). The molecule has 0 radical (unpaired) electrons. The summed E-state index contributed by atoms with van der Waals surface area (Å²) in [4.78, 5) is 0. The van der Waals surface area contributed by atoms with Crippen LogP contribution in [-0.2, 0) is 0 Å². The van der Waals surface area contributed by atoms with E-state index in [1.54, 1.807) is 6.92 Å². The summed E-state index contributed by atoms with van der Waals surface area (Å²) in [6, 6.07) is 0.867. The number of hydrogen-bond donors (Lipinski definition) is 1. The molecule has 4 heteroatoms. The van der Waals surface area contributed by atoms with Gasteiger partial charge >= 0.3 is 6.01 Å². The minimum Gasteiger partial charge on any atom is -0.408 e. The fraction of sp³-hybridized carbons (Fsp3) is 0.800. The quantitative estimate of drug-likeness (QED) is 0.809. The average molecular weight is 197 g/mol. The van der Waals surface area contributed by atoms with Crippen LogP contribution < -0.4 is 5.32 Å². The lowest BCUT2D eigenvalue weighted by atomic mass is 9.85. The van der Waals surface area contributed by atoms with Crippen molar-refractivity contribution in [2.24, 2.45) is 5.41 Å². The van der Waals surface area contributed by atoms with Crippen LogP contribution in [0.25, 0.3) is 0 Å². The summed E-state index contributed by atoms with van der Waals surface area (Å²) in [5, 5.41) is 10.9. The molecule has 0 fully saturated rings. The predicted molar refractivity (Wildman–Crippen MR) is 56.2 cm³/mol. The van der Waals surface area contributed by atoms with Gasteiger partial charge in [-0.3, -0.25) is 0 Å². The van der Waals surface area contributed by atoms with Gasteiger partial charge in [-0.25, -0.2) is 0 Å². The number of aryl methyl sites for hydroxylation is 1. The third kappa shape index (κ3) is 2.72. The maximum absolute atomic E-state index is 5.28. The highest BCUT2D eigenvalue weighted by Gasteiger charge is 2.24. The number of hydrogen-bond acceptors (Lipinski definition) is 4. The van der Waals surface area contributed by atoms with E-state index in [0.717, 1.165) is 6.42 Å². The van der Waals surface area contributed by atoms with E-state index >= 15 is 0 Å². The molecule has 1 N–H and O–H groups in total. The summed E-state index contributed by atoms with van der Waals surface area (Å²) < 4.78 is 5.28. The molecule has 0 amide bonds. The van der Waals surface area contributed by atoms with E-state index in [1.807, 2.05) is 0 Å². The van der Waals surface area contributed by atoms with Gasteiger partial charge < -0.3 is 9.73 Å². The van der Waals surface area contributed by atoms with E-state index in [0.29, 0.717) is 17.9 Å². The van der Waals surface area contributed by atoms with Gasteiger partial charge in [0.1, 0.15) is 0 Å². The molecule has 1 unspecified atom stereocenters. The van der Waals surface area contributed by atoms with Gasteiger partial charge in [-0.15, -0.1) is 5.10 Å². The predicted octanol–water partition coefficient (Wildman–Crippen LogP) is 2.61. The van der Waals surface area contributed by atoms with Gasteiger partial charge in [-0.2, -0.15) is 0 Å². The van der Waals surface area contributed by atoms with Gasteiger partial charge in [0, 0.05) is 13.0 Å². The van der Waals surface area contributed by atoms with E-state index < -0.39 is 0 Å². The van der Waals surface area contributed by atoms with Crippen LogP contribution in [0.5, 0.6) is 0 Å². The maximum Gasteiger partial charge on any atom is 0.315 e. The number of nitrogens with one attached hydrogen (secondary N) is 1. The van der Waals surface area contributed by atoms with Crippen molar-refractivity contribution in [3.63, 3.8) is 0 Å². The molecule has 0 aliphatic carbocycles. The summed E-state index contributed by atoms with van der Waals surface area (Å²) in [6.45, 7) is 10.5. The molecule has 0 aliphatic heterocycles. The van der Waals surface area contributed by atoms with Crippen molar-refractivity contribution in [1.82, 2.24) is 10.2 Å². The molecule has 0 saturated carbocycles. The smallest absolute Gasteiger partial charge is 0.315 e. The second-order valence-corrected chi connectivity index (χ2v) is 4.60. The minimum absolute atomic E-state index is 0.192. The molecular formula is C10H19N3O. The van der Waals surface area contributed by atoms with Crippen LogP contribution in [0, 0.1) is 12.3 Å². The first-order valence-electron chi connectivity index (χ1n) is 5.00. The van der Waals surface area contributed by atoms with Crippen molar-refractivity contribution >= 4 is 6.01 Å². The molecule has 80 valence electrons. The third-order valence-corrected chi connectivity index (χ3v) is 2.28. The second kappa shape index (κ2) is 3.98. The zero-order chi connectivity index (χ0) is 10.8. The minimum atomic E-state index is 0.192. The molecular weight excluding hydrogens is 178 g/mol. The van der Waals surface area contributed by atoms with Gasteiger partial charge in [-0.05, 0) is 11.8 Å². The van der Waals surface area contributed by atoms with Crippen molar-refractivity contribution in [1.29, 1.82) is 0 Å². The van der Waals surface area contributed by atoms with Crippen LogP contribution in [-0.4, -0.2) is 16.2 Å². The molecule has 0 bridgehead atoms. The molecule has 4 nitrogen and oxygen atoms in total. The first kappa shape index (κ1) is 11.0. The number of rotatable bonds is 3. The van der Waals surface area contributed by atoms with Crippen LogP contribution in [0.4, 0.5) is 6.01 Å². The van der Waals surface area contributed by atoms with E-state index in [2.05, 4.69) is 43.2 Å². The second-order valence-electron chi connectivity index (χ2n) is 4.60. The van der Waals surface area contributed by atoms with Gasteiger partial charge in [0.25, 0.3) is 0 Å². The molecule has 14 heavy (non-hydrogen) atoms. The highest BCUT2D eigenvalue weighted by Crippen LogP contribution is 2.24. The number of anilines is 1. The van der Waals surface area contributed by atoms with E-state index in [9.17, 15) is 0 Å². The van der Waals surface area contributed by atoms with Crippen LogP contribution in [0.1, 0.15) is 40.0 Å². The Morgan fingerprint density at radius 1 is 1.36 bits per heavy atom. The van der Waals surface area contributed by atoms with Gasteiger partial charge in [-0.1, -0.05) is 32.8 Å². The van der Waals surface area contributed by atoms with Crippen molar-refractivity contribution < 1.29 is 4.42 Å². The molecule has 1 atom stereocenters. The van der Waals surface area contributed by atoms with Gasteiger partial charge in [0.05, 0.1) is 0 Å². The number of aromatic nitrogens is 2. The molecule has 1 rings (SSSR count). The van der Waals surface area contributed by atoms with Crippen LogP contribution in [0.15, 0.2) is 4.42 Å². The van der Waals surface area contributed by atoms with Crippen LogP contribution >= 0.6 is 0 Å². The lowest BCUT2D eigenvalue weighted by Gasteiger charge is -2.29. The van der Waals surface area contributed by atoms with Crippen LogP contribution in [0.2, 0.25) is 0 Å². The van der Waals surface area contributed by atoms with Gasteiger partial charge in [0.15, 0.2) is 0 Å². The Morgan fingerprint density at radius 2 is 2.00 bits per heavy atom. The monoisotopic (exact) mass is 197 g/mol. The van der Waals surface area contributed by atoms with Gasteiger partial charge in [0.2, 0.25) is 5.89 Å². The third-order valence-electron chi connectivity index (χ3n) is 2.28. The lowest BCUT2D eigenvalue weighted by Crippen LogP contribution is -2.33. The summed E-state index contributed by atoms with van der Waals surface area (Å²) in [5.74, 6) is 0.594. The van der Waals surface area contributed by atoms with Crippen molar-refractivity contribution in [2.75, 3.05) is 5.32 Å².